The lowest BCUT2D eigenvalue weighted by atomic mass is 9.93. The molecule has 0 aliphatic carbocycles. The Morgan fingerprint density at radius 2 is 2.07 bits per heavy atom. The van der Waals surface area contributed by atoms with E-state index in [1.54, 1.807) is 7.11 Å². The summed E-state index contributed by atoms with van der Waals surface area (Å²) in [7, 11) is 1.70. The molecule has 2 rings (SSSR count). The van der Waals surface area contributed by atoms with Crippen LogP contribution in [0.4, 0.5) is 0 Å². The van der Waals surface area contributed by atoms with Gasteiger partial charge in [0.1, 0.15) is 0 Å². The molecule has 2 atom stereocenters. The van der Waals surface area contributed by atoms with Gasteiger partial charge in [-0.25, -0.2) is 0 Å². The van der Waals surface area contributed by atoms with Crippen molar-refractivity contribution in [1.82, 2.24) is 0 Å². The van der Waals surface area contributed by atoms with Crippen LogP contribution in [0.1, 0.15) is 25.3 Å². The zero-order chi connectivity index (χ0) is 10.0. The van der Waals surface area contributed by atoms with Crippen LogP contribution in [0.15, 0.2) is 30.3 Å². The molecule has 0 saturated carbocycles. The van der Waals surface area contributed by atoms with Crippen molar-refractivity contribution < 1.29 is 9.47 Å². The Morgan fingerprint density at radius 3 is 2.64 bits per heavy atom. The van der Waals surface area contributed by atoms with Gasteiger partial charge in [0, 0.05) is 13.5 Å². The van der Waals surface area contributed by atoms with Crippen LogP contribution in [0.3, 0.4) is 0 Å². The van der Waals surface area contributed by atoms with Crippen molar-refractivity contribution >= 4 is 0 Å². The molecule has 0 N–H and O–H groups in total. The molecule has 0 aromatic heterocycles. The van der Waals surface area contributed by atoms with Crippen molar-refractivity contribution in [2.75, 3.05) is 7.11 Å². The van der Waals surface area contributed by atoms with Crippen LogP contribution < -0.4 is 0 Å². The average molecular weight is 192 g/mol. The summed E-state index contributed by atoms with van der Waals surface area (Å²) in [6.45, 7) is 2.13. The van der Waals surface area contributed by atoms with Crippen LogP contribution in [0, 0.1) is 0 Å². The Labute approximate surface area is 84.8 Å². The Morgan fingerprint density at radius 1 is 1.36 bits per heavy atom. The summed E-state index contributed by atoms with van der Waals surface area (Å²) in [4.78, 5) is 0. The average Bonchev–Trinajstić information content (AvgIpc) is 2.63. The molecule has 1 saturated heterocycles. The van der Waals surface area contributed by atoms with Gasteiger partial charge in [0.25, 0.3) is 0 Å². The molecule has 1 aliphatic heterocycles. The molecule has 0 amide bonds. The number of methoxy groups -OCH3 is 1. The lowest BCUT2D eigenvalue weighted by Crippen LogP contribution is -2.22. The van der Waals surface area contributed by atoms with Crippen molar-refractivity contribution in [2.45, 2.75) is 31.7 Å². The van der Waals surface area contributed by atoms with Gasteiger partial charge in [0.2, 0.25) is 0 Å². The van der Waals surface area contributed by atoms with E-state index in [9.17, 15) is 0 Å². The SMILES string of the molecule is COC1CCC(C)(c2ccccc2)O1. The number of benzene rings is 1. The molecule has 76 valence electrons. The lowest BCUT2D eigenvalue weighted by molar-refractivity contribution is -0.151. The molecule has 2 heteroatoms. The first kappa shape index (κ1) is 9.69. The van der Waals surface area contributed by atoms with Gasteiger partial charge in [0.15, 0.2) is 6.29 Å². The van der Waals surface area contributed by atoms with Crippen molar-refractivity contribution in [3.8, 4) is 0 Å². The van der Waals surface area contributed by atoms with Crippen LogP contribution in [0.2, 0.25) is 0 Å². The summed E-state index contributed by atoms with van der Waals surface area (Å²) in [5.41, 5.74) is 1.07. The lowest BCUT2D eigenvalue weighted by Gasteiger charge is -2.24. The second kappa shape index (κ2) is 3.71. The first-order valence-corrected chi connectivity index (χ1v) is 5.01. The molecular weight excluding hydrogens is 176 g/mol. The number of ether oxygens (including phenoxy) is 2. The topological polar surface area (TPSA) is 18.5 Å². The van der Waals surface area contributed by atoms with E-state index in [2.05, 4.69) is 19.1 Å². The largest absolute Gasteiger partial charge is 0.356 e. The van der Waals surface area contributed by atoms with Crippen LogP contribution >= 0.6 is 0 Å². The van der Waals surface area contributed by atoms with E-state index < -0.39 is 0 Å². The van der Waals surface area contributed by atoms with E-state index in [0.29, 0.717) is 0 Å². The maximum Gasteiger partial charge on any atom is 0.158 e. The molecular formula is C12H16O2. The molecule has 1 fully saturated rings. The van der Waals surface area contributed by atoms with Gasteiger partial charge in [-0.1, -0.05) is 30.3 Å². The molecule has 2 unspecified atom stereocenters. The summed E-state index contributed by atoms with van der Waals surface area (Å²) in [6.07, 6.45) is 1.96. The minimum atomic E-state index is -0.165. The van der Waals surface area contributed by atoms with Crippen LogP contribution in [-0.2, 0) is 15.1 Å². The maximum atomic E-state index is 5.86. The van der Waals surface area contributed by atoms with E-state index in [1.165, 1.54) is 5.56 Å². The number of hydrogen-bond donors (Lipinski definition) is 0. The van der Waals surface area contributed by atoms with Gasteiger partial charge in [-0.3, -0.25) is 0 Å². The fraction of sp³-hybridized carbons (Fsp3) is 0.500. The van der Waals surface area contributed by atoms with E-state index in [1.807, 2.05) is 18.2 Å². The van der Waals surface area contributed by atoms with Crippen LogP contribution in [0.5, 0.6) is 0 Å². The van der Waals surface area contributed by atoms with E-state index in [4.69, 9.17) is 9.47 Å². The van der Waals surface area contributed by atoms with Gasteiger partial charge in [-0.2, -0.15) is 0 Å². The third kappa shape index (κ3) is 1.68. The van der Waals surface area contributed by atoms with Crippen molar-refractivity contribution in [1.29, 1.82) is 0 Å². The minimum Gasteiger partial charge on any atom is -0.356 e. The number of hydrogen-bond acceptors (Lipinski definition) is 2. The fourth-order valence-electron chi connectivity index (χ4n) is 1.97. The van der Waals surface area contributed by atoms with Crippen LogP contribution in [-0.4, -0.2) is 13.4 Å². The molecule has 14 heavy (non-hydrogen) atoms. The van der Waals surface area contributed by atoms with Crippen molar-refractivity contribution in [3.05, 3.63) is 35.9 Å². The van der Waals surface area contributed by atoms with E-state index >= 15 is 0 Å². The fourth-order valence-corrected chi connectivity index (χ4v) is 1.97. The van der Waals surface area contributed by atoms with Gasteiger partial charge in [0.05, 0.1) is 5.60 Å². The molecule has 0 radical (unpaired) electrons. The highest BCUT2D eigenvalue weighted by Gasteiger charge is 2.37. The Kier molecular flexibility index (Phi) is 2.57. The normalized spacial score (nSPS) is 32.0. The van der Waals surface area contributed by atoms with Gasteiger partial charge >= 0.3 is 0 Å². The molecule has 1 aliphatic rings. The predicted molar refractivity (Wildman–Crippen MR) is 54.9 cm³/mol. The first-order chi connectivity index (χ1) is 6.74. The van der Waals surface area contributed by atoms with E-state index in [0.717, 1.165) is 12.8 Å². The molecule has 1 aromatic rings. The zero-order valence-corrected chi connectivity index (χ0v) is 8.69. The second-order valence-electron chi connectivity index (χ2n) is 3.92. The van der Waals surface area contributed by atoms with E-state index in [-0.39, 0.29) is 11.9 Å². The Bertz CT molecular complexity index is 296. The summed E-state index contributed by atoms with van der Waals surface area (Å²) < 4.78 is 11.1. The molecule has 2 nitrogen and oxygen atoms in total. The number of rotatable bonds is 2. The third-order valence-corrected chi connectivity index (χ3v) is 2.90. The predicted octanol–water partition coefficient (Wildman–Crippen LogP) is 2.68. The smallest absolute Gasteiger partial charge is 0.158 e. The monoisotopic (exact) mass is 192 g/mol. The summed E-state index contributed by atoms with van der Waals surface area (Å²) in [5.74, 6) is 0. The van der Waals surface area contributed by atoms with Crippen molar-refractivity contribution in [2.24, 2.45) is 0 Å². The molecule has 0 spiro atoms. The quantitative estimate of drug-likeness (QED) is 0.717. The first-order valence-electron chi connectivity index (χ1n) is 5.01. The van der Waals surface area contributed by atoms with Gasteiger partial charge in [-0.15, -0.1) is 0 Å². The summed E-state index contributed by atoms with van der Waals surface area (Å²) in [5, 5.41) is 0. The molecule has 1 aromatic carbocycles. The Hall–Kier alpha value is -0.860. The Balaban J connectivity index is 2.19. The highest BCUT2D eigenvalue weighted by atomic mass is 16.7. The highest BCUT2D eigenvalue weighted by molar-refractivity contribution is 5.22. The molecule has 1 heterocycles. The van der Waals surface area contributed by atoms with Crippen molar-refractivity contribution in [3.63, 3.8) is 0 Å². The minimum absolute atomic E-state index is 0.0415. The maximum absolute atomic E-state index is 5.86. The highest BCUT2D eigenvalue weighted by Crippen LogP contribution is 2.38. The second-order valence-corrected chi connectivity index (χ2v) is 3.92. The van der Waals surface area contributed by atoms with Gasteiger partial charge in [-0.05, 0) is 18.9 Å². The molecule has 0 bridgehead atoms. The third-order valence-electron chi connectivity index (χ3n) is 2.90. The summed E-state index contributed by atoms with van der Waals surface area (Å²) in [6, 6.07) is 10.3. The zero-order valence-electron chi connectivity index (χ0n) is 8.69. The summed E-state index contributed by atoms with van der Waals surface area (Å²) >= 11 is 0. The van der Waals surface area contributed by atoms with Gasteiger partial charge < -0.3 is 9.47 Å². The van der Waals surface area contributed by atoms with Crippen LogP contribution in [0.25, 0.3) is 0 Å². The standard InChI is InChI=1S/C12H16O2/c1-12(9-8-11(13-2)14-12)10-6-4-3-5-7-10/h3-7,11H,8-9H2,1-2H3.